The second kappa shape index (κ2) is 6.53. The topological polar surface area (TPSA) is 92.4 Å². The lowest BCUT2D eigenvalue weighted by molar-refractivity contribution is 0.227. The van der Waals surface area contributed by atoms with Crippen LogP contribution in [0, 0.1) is 5.92 Å². The number of hydrogen-bond acceptors (Lipinski definition) is 4. The van der Waals surface area contributed by atoms with Gasteiger partial charge >= 0.3 is 0 Å². The second-order valence-corrected chi connectivity index (χ2v) is 7.88. The minimum absolute atomic E-state index is 0.0187. The van der Waals surface area contributed by atoms with E-state index in [1.807, 2.05) is 13.8 Å². The molecule has 0 fully saturated rings. The summed E-state index contributed by atoms with van der Waals surface area (Å²) in [5.41, 5.74) is 5.89. The van der Waals surface area contributed by atoms with Crippen molar-refractivity contribution in [1.82, 2.24) is 4.72 Å². The summed E-state index contributed by atoms with van der Waals surface area (Å²) >= 11 is 6.43. The largest absolute Gasteiger partial charge is 0.398 e. The molecule has 1 atom stereocenters. The van der Waals surface area contributed by atoms with Crippen LogP contribution in [0.25, 0.3) is 0 Å². The van der Waals surface area contributed by atoms with Gasteiger partial charge in [0.2, 0.25) is 10.0 Å². The Labute approximate surface area is 129 Å². The highest BCUT2D eigenvalue weighted by atomic mass is 79.9. The maximum Gasteiger partial charge on any atom is 0.244 e. The number of nitrogen functional groups attached to an aromatic ring is 1. The fourth-order valence-corrected chi connectivity index (χ4v) is 4.95. The number of nitrogens with two attached hydrogens (primary N) is 1. The zero-order chi connectivity index (χ0) is 14.8. The number of halogens is 2. The van der Waals surface area contributed by atoms with Crippen LogP contribution in [0.5, 0.6) is 0 Å². The van der Waals surface area contributed by atoms with Gasteiger partial charge in [-0.2, -0.15) is 0 Å². The second-order valence-electron chi connectivity index (χ2n) is 4.46. The SMILES string of the molecule is CC(C)[C@@H](CO)NS(=O)(=O)c1c(N)cc(Br)cc1Br. The quantitative estimate of drug-likeness (QED) is 0.642. The van der Waals surface area contributed by atoms with Crippen LogP contribution in [0.3, 0.4) is 0 Å². The van der Waals surface area contributed by atoms with Crippen LogP contribution in [0.1, 0.15) is 13.8 Å². The van der Waals surface area contributed by atoms with Crippen LogP contribution in [0.15, 0.2) is 26.0 Å². The van der Waals surface area contributed by atoms with Crippen molar-refractivity contribution in [3.63, 3.8) is 0 Å². The van der Waals surface area contributed by atoms with E-state index in [0.717, 1.165) is 0 Å². The number of rotatable bonds is 5. The fourth-order valence-electron chi connectivity index (χ4n) is 1.51. The Morgan fingerprint density at radius 2 is 1.95 bits per heavy atom. The third-order valence-electron chi connectivity index (χ3n) is 2.61. The van der Waals surface area contributed by atoms with Crippen LogP contribution in [0.2, 0.25) is 0 Å². The molecule has 0 bridgehead atoms. The average Bonchev–Trinajstić information content (AvgIpc) is 2.23. The Kier molecular flexibility index (Phi) is 5.81. The molecule has 4 N–H and O–H groups in total. The fraction of sp³-hybridized carbons (Fsp3) is 0.455. The molecular formula is C11H16Br2N2O3S. The molecule has 0 radical (unpaired) electrons. The zero-order valence-corrected chi connectivity index (χ0v) is 14.5. The lowest BCUT2D eigenvalue weighted by Crippen LogP contribution is -2.41. The smallest absolute Gasteiger partial charge is 0.244 e. The van der Waals surface area contributed by atoms with E-state index in [-0.39, 0.29) is 23.1 Å². The van der Waals surface area contributed by atoms with Crippen LogP contribution in [-0.4, -0.2) is 26.2 Å². The van der Waals surface area contributed by atoms with Crippen molar-refractivity contribution >= 4 is 47.6 Å². The molecule has 0 aliphatic heterocycles. The first kappa shape index (κ1) is 16.9. The predicted octanol–water partition coefficient (Wildman–Crippen LogP) is 2.09. The van der Waals surface area contributed by atoms with E-state index in [1.165, 1.54) is 6.07 Å². The zero-order valence-electron chi connectivity index (χ0n) is 10.5. The molecule has 0 amide bonds. The first-order valence-electron chi connectivity index (χ1n) is 5.56. The molecule has 1 aromatic rings. The van der Waals surface area contributed by atoms with Gasteiger partial charge < -0.3 is 10.8 Å². The van der Waals surface area contributed by atoms with Gasteiger partial charge in [-0.05, 0) is 34.0 Å². The maximum absolute atomic E-state index is 12.3. The van der Waals surface area contributed by atoms with E-state index in [0.29, 0.717) is 8.95 Å². The number of anilines is 1. The maximum atomic E-state index is 12.3. The highest BCUT2D eigenvalue weighted by Crippen LogP contribution is 2.31. The molecule has 19 heavy (non-hydrogen) atoms. The monoisotopic (exact) mass is 414 g/mol. The summed E-state index contributed by atoms with van der Waals surface area (Å²) in [4.78, 5) is -0.0187. The van der Waals surface area contributed by atoms with E-state index in [2.05, 4.69) is 36.6 Å². The van der Waals surface area contributed by atoms with Crippen LogP contribution in [-0.2, 0) is 10.0 Å². The number of aliphatic hydroxyl groups excluding tert-OH is 1. The molecule has 1 aromatic carbocycles. The first-order chi connectivity index (χ1) is 8.69. The summed E-state index contributed by atoms with van der Waals surface area (Å²) in [5, 5.41) is 9.21. The van der Waals surface area contributed by atoms with Gasteiger partial charge in [-0.3, -0.25) is 0 Å². The Bertz CT molecular complexity index is 538. The van der Waals surface area contributed by atoms with Crippen LogP contribution >= 0.6 is 31.9 Å². The van der Waals surface area contributed by atoms with Gasteiger partial charge in [0, 0.05) is 15.0 Å². The Hall–Kier alpha value is -0.150. The molecular weight excluding hydrogens is 400 g/mol. The number of aliphatic hydroxyl groups is 1. The summed E-state index contributed by atoms with van der Waals surface area (Å²) in [6.45, 7) is 3.37. The third kappa shape index (κ3) is 4.16. The Morgan fingerprint density at radius 1 is 1.37 bits per heavy atom. The molecule has 1 rings (SSSR count). The summed E-state index contributed by atoms with van der Waals surface area (Å²) in [5.74, 6) is -0.0322. The predicted molar refractivity (Wildman–Crippen MR) is 82.3 cm³/mol. The molecule has 8 heteroatoms. The van der Waals surface area contributed by atoms with Crippen molar-refractivity contribution in [3.8, 4) is 0 Å². The molecule has 0 aliphatic carbocycles. The summed E-state index contributed by atoms with van der Waals surface area (Å²) in [6, 6.07) is 2.57. The van der Waals surface area contributed by atoms with Gasteiger partial charge in [0.05, 0.1) is 12.3 Å². The molecule has 5 nitrogen and oxygen atoms in total. The van der Waals surface area contributed by atoms with Gasteiger partial charge in [0.25, 0.3) is 0 Å². The van der Waals surface area contributed by atoms with Gasteiger partial charge in [0.15, 0.2) is 0 Å². The third-order valence-corrected chi connectivity index (χ3v) is 5.57. The lowest BCUT2D eigenvalue weighted by atomic mass is 10.1. The van der Waals surface area contributed by atoms with Crippen LogP contribution in [0.4, 0.5) is 5.69 Å². The van der Waals surface area contributed by atoms with Crippen molar-refractivity contribution in [2.75, 3.05) is 12.3 Å². The molecule has 0 unspecified atom stereocenters. The molecule has 108 valence electrons. The summed E-state index contributed by atoms with van der Waals surface area (Å²) in [7, 11) is -3.80. The van der Waals surface area contributed by atoms with Gasteiger partial charge in [-0.25, -0.2) is 13.1 Å². The molecule has 0 aromatic heterocycles. The van der Waals surface area contributed by atoms with Crippen molar-refractivity contribution in [3.05, 3.63) is 21.1 Å². The van der Waals surface area contributed by atoms with Gasteiger partial charge in [0.1, 0.15) is 4.90 Å². The van der Waals surface area contributed by atoms with Crippen molar-refractivity contribution in [2.45, 2.75) is 24.8 Å². The minimum atomic E-state index is -3.80. The molecule has 0 spiro atoms. The van der Waals surface area contributed by atoms with E-state index >= 15 is 0 Å². The first-order valence-corrected chi connectivity index (χ1v) is 8.63. The Balaban J connectivity index is 3.21. The molecule has 0 saturated heterocycles. The van der Waals surface area contributed by atoms with E-state index < -0.39 is 16.1 Å². The van der Waals surface area contributed by atoms with Crippen molar-refractivity contribution < 1.29 is 13.5 Å². The van der Waals surface area contributed by atoms with Gasteiger partial charge in [-0.15, -0.1) is 0 Å². The van der Waals surface area contributed by atoms with E-state index in [4.69, 9.17) is 5.73 Å². The highest BCUT2D eigenvalue weighted by molar-refractivity contribution is 9.11. The standard InChI is InChI=1S/C11H16Br2N2O3S/c1-6(2)10(5-16)15-19(17,18)11-8(13)3-7(12)4-9(11)14/h3-4,6,10,15-16H,5,14H2,1-2H3/t10-/m1/s1. The highest BCUT2D eigenvalue weighted by Gasteiger charge is 2.26. The van der Waals surface area contributed by atoms with Gasteiger partial charge in [-0.1, -0.05) is 29.8 Å². The van der Waals surface area contributed by atoms with Crippen molar-refractivity contribution in [2.24, 2.45) is 5.92 Å². The molecule has 0 heterocycles. The average molecular weight is 416 g/mol. The number of hydrogen-bond donors (Lipinski definition) is 3. The summed E-state index contributed by atoms with van der Waals surface area (Å²) < 4.78 is 28.1. The molecule has 0 saturated carbocycles. The van der Waals surface area contributed by atoms with E-state index in [9.17, 15) is 13.5 Å². The normalized spacial score (nSPS) is 13.8. The summed E-state index contributed by atoms with van der Waals surface area (Å²) in [6.07, 6.45) is 0. The van der Waals surface area contributed by atoms with E-state index in [1.54, 1.807) is 6.07 Å². The minimum Gasteiger partial charge on any atom is -0.398 e. The number of benzene rings is 1. The lowest BCUT2D eigenvalue weighted by Gasteiger charge is -2.21. The molecule has 0 aliphatic rings. The number of nitrogens with one attached hydrogen (secondary N) is 1. The number of sulfonamides is 1. The Morgan fingerprint density at radius 3 is 2.37 bits per heavy atom. The van der Waals surface area contributed by atoms with Crippen molar-refractivity contribution in [1.29, 1.82) is 0 Å². The van der Waals surface area contributed by atoms with Crippen LogP contribution < -0.4 is 10.5 Å².